The van der Waals surface area contributed by atoms with Crippen LogP contribution in [-0.4, -0.2) is 42.4 Å². The number of urea groups is 1. The van der Waals surface area contributed by atoms with Crippen molar-refractivity contribution in [2.24, 2.45) is 5.41 Å². The molecule has 0 aromatic rings. The fourth-order valence-corrected chi connectivity index (χ4v) is 2.21. The normalized spacial score (nSPS) is 31.5. The number of carbonyl (C=O) groups excluding carboxylic acids is 1. The van der Waals surface area contributed by atoms with Gasteiger partial charge in [0.15, 0.2) is 0 Å². The van der Waals surface area contributed by atoms with E-state index >= 15 is 0 Å². The highest BCUT2D eigenvalue weighted by Crippen LogP contribution is 2.28. The Morgan fingerprint density at radius 2 is 2.00 bits per heavy atom. The molecule has 1 aliphatic heterocycles. The van der Waals surface area contributed by atoms with E-state index in [-0.39, 0.29) is 25.3 Å². The van der Waals surface area contributed by atoms with E-state index in [0.29, 0.717) is 0 Å². The number of hydrogen-bond donors (Lipinski definition) is 3. The second kappa shape index (κ2) is 4.97. The summed E-state index contributed by atoms with van der Waals surface area (Å²) in [6.07, 6.45) is 5.69. The third-order valence-corrected chi connectivity index (χ3v) is 3.59. The maximum atomic E-state index is 11.8. The molecular weight excluding hydrogens is 236 g/mol. The lowest BCUT2D eigenvalue weighted by Crippen LogP contribution is -2.53. The van der Waals surface area contributed by atoms with Gasteiger partial charge in [0.25, 0.3) is 0 Å². The van der Waals surface area contributed by atoms with E-state index in [2.05, 4.69) is 10.6 Å². The van der Waals surface area contributed by atoms with Crippen LogP contribution in [0, 0.1) is 5.41 Å². The molecule has 2 atom stereocenters. The topological polar surface area (TPSA) is 87.7 Å². The number of amides is 2. The third kappa shape index (κ3) is 2.48. The Labute approximate surface area is 105 Å². The summed E-state index contributed by atoms with van der Waals surface area (Å²) in [5, 5.41) is 14.7. The summed E-state index contributed by atoms with van der Waals surface area (Å²) in [5.41, 5.74) is -1.05. The first-order valence-electron chi connectivity index (χ1n) is 6.05. The van der Waals surface area contributed by atoms with Gasteiger partial charge in [-0.1, -0.05) is 12.2 Å². The smallest absolute Gasteiger partial charge is 0.315 e. The van der Waals surface area contributed by atoms with Crippen LogP contribution in [0.2, 0.25) is 0 Å². The van der Waals surface area contributed by atoms with Crippen LogP contribution in [0.5, 0.6) is 0 Å². The first-order valence-corrected chi connectivity index (χ1v) is 6.05. The highest BCUT2D eigenvalue weighted by Gasteiger charge is 2.47. The van der Waals surface area contributed by atoms with E-state index in [0.717, 1.165) is 12.8 Å². The lowest BCUT2D eigenvalue weighted by molar-refractivity contribution is -0.148. The second-order valence-electron chi connectivity index (χ2n) is 5.05. The molecule has 1 aliphatic carbocycles. The molecule has 100 valence electrons. The second-order valence-corrected chi connectivity index (χ2v) is 5.05. The van der Waals surface area contributed by atoms with Gasteiger partial charge in [-0.05, 0) is 19.8 Å². The number of carbonyl (C=O) groups is 2. The highest BCUT2D eigenvalue weighted by molar-refractivity contribution is 5.79. The summed E-state index contributed by atoms with van der Waals surface area (Å²) in [6.45, 7) is 1.95. The molecule has 1 heterocycles. The zero-order valence-corrected chi connectivity index (χ0v) is 10.3. The van der Waals surface area contributed by atoms with E-state index in [1.165, 1.54) is 0 Å². The van der Waals surface area contributed by atoms with Crippen molar-refractivity contribution in [1.29, 1.82) is 0 Å². The molecule has 2 unspecified atom stereocenters. The molecule has 0 bridgehead atoms. The molecule has 3 N–H and O–H groups in total. The molecule has 0 saturated carbocycles. The van der Waals surface area contributed by atoms with Crippen LogP contribution in [0.4, 0.5) is 4.79 Å². The van der Waals surface area contributed by atoms with Gasteiger partial charge in [0.05, 0.1) is 19.3 Å². The number of ether oxygens (including phenoxy) is 1. The fourth-order valence-electron chi connectivity index (χ4n) is 2.21. The van der Waals surface area contributed by atoms with Gasteiger partial charge in [-0.2, -0.15) is 0 Å². The van der Waals surface area contributed by atoms with Crippen molar-refractivity contribution in [3.63, 3.8) is 0 Å². The van der Waals surface area contributed by atoms with E-state index < -0.39 is 17.4 Å². The van der Waals surface area contributed by atoms with E-state index in [9.17, 15) is 14.7 Å². The standard InChI is InChI=1S/C12H18N2O4/c1-12(10(15)16)7-18-6-9(12)14-11(17)13-8-4-2-3-5-8/h2-3,8-9H,4-7H2,1H3,(H,15,16)(H2,13,14,17). The minimum absolute atomic E-state index is 0.114. The molecule has 6 nitrogen and oxygen atoms in total. The number of aliphatic carboxylic acids is 1. The molecule has 2 aliphatic rings. The zero-order chi connectivity index (χ0) is 13.2. The van der Waals surface area contributed by atoms with Crippen LogP contribution < -0.4 is 10.6 Å². The van der Waals surface area contributed by atoms with Gasteiger partial charge >= 0.3 is 12.0 Å². The summed E-state index contributed by atoms with van der Waals surface area (Å²) < 4.78 is 5.17. The molecule has 18 heavy (non-hydrogen) atoms. The third-order valence-electron chi connectivity index (χ3n) is 3.59. The Morgan fingerprint density at radius 1 is 1.33 bits per heavy atom. The van der Waals surface area contributed by atoms with Crippen LogP contribution in [0.3, 0.4) is 0 Å². The Bertz CT molecular complexity index is 374. The van der Waals surface area contributed by atoms with Gasteiger partial charge in [0.1, 0.15) is 5.41 Å². The summed E-state index contributed by atoms with van der Waals surface area (Å²) in [7, 11) is 0. The Balaban J connectivity index is 1.88. The zero-order valence-electron chi connectivity index (χ0n) is 10.3. The van der Waals surface area contributed by atoms with Crippen molar-refractivity contribution in [2.75, 3.05) is 13.2 Å². The molecule has 0 aromatic heterocycles. The van der Waals surface area contributed by atoms with Gasteiger partial charge in [-0.25, -0.2) is 4.79 Å². The monoisotopic (exact) mass is 254 g/mol. The van der Waals surface area contributed by atoms with E-state index in [1.807, 2.05) is 12.2 Å². The molecule has 6 heteroatoms. The summed E-state index contributed by atoms with van der Waals surface area (Å²) in [6, 6.07) is -0.709. The molecular formula is C12H18N2O4. The SMILES string of the molecule is CC1(C(=O)O)COCC1NC(=O)NC1CC=CC1. The van der Waals surface area contributed by atoms with Crippen LogP contribution >= 0.6 is 0 Å². The van der Waals surface area contributed by atoms with Crippen LogP contribution in [0.15, 0.2) is 12.2 Å². The van der Waals surface area contributed by atoms with Crippen molar-refractivity contribution < 1.29 is 19.4 Å². The Morgan fingerprint density at radius 3 is 2.61 bits per heavy atom. The van der Waals surface area contributed by atoms with Crippen LogP contribution in [-0.2, 0) is 9.53 Å². The fraction of sp³-hybridized carbons (Fsp3) is 0.667. The molecule has 0 radical (unpaired) electrons. The molecule has 2 amide bonds. The number of carboxylic acids is 1. The average molecular weight is 254 g/mol. The number of rotatable bonds is 3. The van der Waals surface area contributed by atoms with E-state index in [1.54, 1.807) is 6.92 Å². The molecule has 0 aromatic carbocycles. The van der Waals surface area contributed by atoms with Crippen molar-refractivity contribution in [1.82, 2.24) is 10.6 Å². The molecule has 1 saturated heterocycles. The van der Waals surface area contributed by atoms with E-state index in [4.69, 9.17) is 4.74 Å². The van der Waals surface area contributed by atoms with Gasteiger partial charge in [-0.15, -0.1) is 0 Å². The quantitative estimate of drug-likeness (QED) is 0.640. The van der Waals surface area contributed by atoms with Gasteiger partial charge in [0.2, 0.25) is 0 Å². The Hall–Kier alpha value is -1.56. The first-order chi connectivity index (χ1) is 8.52. The maximum absolute atomic E-state index is 11.8. The van der Waals surface area contributed by atoms with Gasteiger partial charge < -0.3 is 20.5 Å². The lowest BCUT2D eigenvalue weighted by Gasteiger charge is -2.26. The summed E-state index contributed by atoms with van der Waals surface area (Å²) in [4.78, 5) is 23.0. The van der Waals surface area contributed by atoms with Crippen molar-refractivity contribution in [3.05, 3.63) is 12.2 Å². The van der Waals surface area contributed by atoms with Crippen LogP contribution in [0.1, 0.15) is 19.8 Å². The molecule has 1 fully saturated rings. The summed E-state index contributed by atoms with van der Waals surface area (Å²) in [5.74, 6) is -0.951. The average Bonchev–Trinajstić information content (AvgIpc) is 2.90. The largest absolute Gasteiger partial charge is 0.481 e. The number of hydrogen-bond acceptors (Lipinski definition) is 3. The molecule has 2 rings (SSSR count). The minimum atomic E-state index is -1.05. The molecule has 0 spiro atoms. The van der Waals surface area contributed by atoms with Gasteiger partial charge in [-0.3, -0.25) is 4.79 Å². The number of nitrogens with one attached hydrogen (secondary N) is 2. The Kier molecular flexibility index (Phi) is 3.56. The predicted molar refractivity (Wildman–Crippen MR) is 64.2 cm³/mol. The van der Waals surface area contributed by atoms with Gasteiger partial charge in [0, 0.05) is 6.04 Å². The summed E-state index contributed by atoms with van der Waals surface area (Å²) >= 11 is 0. The predicted octanol–water partition coefficient (Wildman–Crippen LogP) is 0.494. The van der Waals surface area contributed by atoms with Crippen molar-refractivity contribution >= 4 is 12.0 Å². The van der Waals surface area contributed by atoms with Crippen molar-refractivity contribution in [2.45, 2.75) is 31.8 Å². The first kappa shape index (κ1) is 12.9. The minimum Gasteiger partial charge on any atom is -0.481 e. The number of carboxylic acid groups (broad SMARTS) is 1. The lowest BCUT2D eigenvalue weighted by atomic mass is 9.85. The van der Waals surface area contributed by atoms with Crippen LogP contribution in [0.25, 0.3) is 0 Å². The van der Waals surface area contributed by atoms with Crippen molar-refractivity contribution in [3.8, 4) is 0 Å². The maximum Gasteiger partial charge on any atom is 0.315 e. The highest BCUT2D eigenvalue weighted by atomic mass is 16.5.